The Morgan fingerprint density at radius 1 is 1.29 bits per heavy atom. The molecule has 0 heterocycles. The van der Waals surface area contributed by atoms with Crippen LogP contribution in [0.4, 0.5) is 11.4 Å². The number of nitro groups is 1. The summed E-state index contributed by atoms with van der Waals surface area (Å²) in [6, 6.07) is 10.6. The van der Waals surface area contributed by atoms with Gasteiger partial charge in [0.25, 0.3) is 5.69 Å². The third kappa shape index (κ3) is 3.70. The molecular formula is C14H11ClN2O4. The van der Waals surface area contributed by atoms with Crippen LogP contribution in [0.5, 0.6) is 0 Å². The van der Waals surface area contributed by atoms with Crippen molar-refractivity contribution in [3.8, 4) is 0 Å². The number of carbonyl (C=O) groups is 1. The van der Waals surface area contributed by atoms with Gasteiger partial charge in [0.2, 0.25) is 0 Å². The highest BCUT2D eigenvalue weighted by Gasteiger charge is 2.08. The third-order valence-corrected chi connectivity index (χ3v) is 3.13. The van der Waals surface area contributed by atoms with Gasteiger partial charge in [-0.05, 0) is 23.8 Å². The Bertz CT molecular complexity index is 703. The maximum atomic E-state index is 10.8. The van der Waals surface area contributed by atoms with E-state index in [-0.39, 0.29) is 16.3 Å². The Labute approximate surface area is 125 Å². The Balaban J connectivity index is 2.11. The first-order chi connectivity index (χ1) is 9.97. The van der Waals surface area contributed by atoms with E-state index in [1.807, 2.05) is 0 Å². The number of halogens is 1. The van der Waals surface area contributed by atoms with Crippen LogP contribution in [0.1, 0.15) is 15.9 Å². The lowest BCUT2D eigenvalue weighted by Crippen LogP contribution is -2.02. The molecule has 108 valence electrons. The minimum absolute atomic E-state index is 0.0154. The largest absolute Gasteiger partial charge is 0.478 e. The van der Waals surface area contributed by atoms with E-state index >= 15 is 0 Å². The summed E-state index contributed by atoms with van der Waals surface area (Å²) >= 11 is 5.99. The molecule has 0 fully saturated rings. The molecule has 0 aromatic heterocycles. The van der Waals surface area contributed by atoms with Crippen LogP contribution >= 0.6 is 11.6 Å². The topological polar surface area (TPSA) is 92.5 Å². The van der Waals surface area contributed by atoms with Gasteiger partial charge in [-0.1, -0.05) is 23.7 Å². The summed E-state index contributed by atoms with van der Waals surface area (Å²) in [5, 5.41) is 22.8. The number of carboxylic acids is 1. The molecule has 2 aromatic carbocycles. The Morgan fingerprint density at radius 2 is 2.05 bits per heavy atom. The first kappa shape index (κ1) is 14.8. The second-order valence-corrected chi connectivity index (χ2v) is 4.69. The molecule has 0 spiro atoms. The van der Waals surface area contributed by atoms with E-state index in [0.29, 0.717) is 12.2 Å². The highest BCUT2D eigenvalue weighted by atomic mass is 35.5. The lowest BCUT2D eigenvalue weighted by Gasteiger charge is -2.09. The molecule has 0 saturated heterocycles. The molecule has 0 bridgehead atoms. The second kappa shape index (κ2) is 6.23. The standard InChI is InChI=1S/C14H11ClN2O4/c15-12-7-10(14(18)19)4-5-13(12)16-8-9-2-1-3-11(6-9)17(20)21/h1-7,16H,8H2,(H,18,19). The highest BCUT2D eigenvalue weighted by molar-refractivity contribution is 6.33. The summed E-state index contributed by atoms with van der Waals surface area (Å²) in [7, 11) is 0. The van der Waals surface area contributed by atoms with Crippen LogP contribution < -0.4 is 5.32 Å². The summed E-state index contributed by atoms with van der Waals surface area (Å²) in [5.74, 6) is -1.05. The number of rotatable bonds is 5. The van der Waals surface area contributed by atoms with Crippen molar-refractivity contribution in [3.63, 3.8) is 0 Å². The Kier molecular flexibility index (Phi) is 4.39. The number of nitrogens with one attached hydrogen (secondary N) is 1. The molecule has 0 saturated carbocycles. The van der Waals surface area contributed by atoms with Crippen molar-refractivity contribution < 1.29 is 14.8 Å². The van der Waals surface area contributed by atoms with E-state index in [9.17, 15) is 14.9 Å². The van der Waals surface area contributed by atoms with Crippen LogP contribution in [0.25, 0.3) is 0 Å². The van der Waals surface area contributed by atoms with Crippen molar-refractivity contribution in [2.45, 2.75) is 6.54 Å². The summed E-state index contributed by atoms with van der Waals surface area (Å²) < 4.78 is 0. The summed E-state index contributed by atoms with van der Waals surface area (Å²) in [4.78, 5) is 21.0. The van der Waals surface area contributed by atoms with Gasteiger partial charge in [0.15, 0.2) is 0 Å². The molecule has 21 heavy (non-hydrogen) atoms. The van der Waals surface area contributed by atoms with Crippen molar-refractivity contribution in [1.82, 2.24) is 0 Å². The first-order valence-electron chi connectivity index (χ1n) is 5.97. The molecule has 0 unspecified atom stereocenters. The van der Waals surface area contributed by atoms with Gasteiger partial charge in [0.1, 0.15) is 0 Å². The number of aromatic carboxylic acids is 1. The third-order valence-electron chi connectivity index (χ3n) is 2.82. The van der Waals surface area contributed by atoms with Gasteiger partial charge < -0.3 is 10.4 Å². The van der Waals surface area contributed by atoms with Gasteiger partial charge >= 0.3 is 5.97 Å². The van der Waals surface area contributed by atoms with Crippen LogP contribution in [-0.2, 0) is 6.54 Å². The Morgan fingerprint density at radius 3 is 2.67 bits per heavy atom. The summed E-state index contributed by atoms with van der Waals surface area (Å²) in [6.07, 6.45) is 0. The van der Waals surface area contributed by atoms with Crippen molar-refractivity contribution in [2.75, 3.05) is 5.32 Å². The average Bonchev–Trinajstić information content (AvgIpc) is 2.46. The van der Waals surface area contributed by atoms with Crippen LogP contribution in [0, 0.1) is 10.1 Å². The van der Waals surface area contributed by atoms with Crippen molar-refractivity contribution >= 4 is 28.9 Å². The monoisotopic (exact) mass is 306 g/mol. The molecule has 0 aliphatic rings. The molecule has 0 atom stereocenters. The number of hydrogen-bond donors (Lipinski definition) is 2. The number of non-ortho nitro benzene ring substituents is 1. The van der Waals surface area contributed by atoms with Gasteiger partial charge in [-0.3, -0.25) is 10.1 Å². The van der Waals surface area contributed by atoms with Crippen molar-refractivity contribution in [1.29, 1.82) is 0 Å². The zero-order valence-electron chi connectivity index (χ0n) is 10.7. The number of carboxylic acid groups (broad SMARTS) is 1. The van der Waals surface area contributed by atoms with Crippen molar-refractivity contribution in [3.05, 3.63) is 68.7 Å². The van der Waals surface area contributed by atoms with Gasteiger partial charge in [0, 0.05) is 18.7 Å². The van der Waals surface area contributed by atoms with Crippen LogP contribution in [-0.4, -0.2) is 16.0 Å². The molecule has 0 aliphatic heterocycles. The molecule has 0 aliphatic carbocycles. The fourth-order valence-corrected chi connectivity index (χ4v) is 2.02. The number of nitrogens with zero attached hydrogens (tertiary/aromatic N) is 1. The minimum Gasteiger partial charge on any atom is -0.478 e. The molecule has 2 rings (SSSR count). The van der Waals surface area contributed by atoms with E-state index < -0.39 is 10.9 Å². The molecule has 2 N–H and O–H groups in total. The number of anilines is 1. The average molecular weight is 307 g/mol. The van der Waals surface area contributed by atoms with Gasteiger partial charge in [-0.2, -0.15) is 0 Å². The lowest BCUT2D eigenvalue weighted by molar-refractivity contribution is -0.384. The van der Waals surface area contributed by atoms with Gasteiger partial charge in [-0.25, -0.2) is 4.79 Å². The molecule has 7 heteroatoms. The van der Waals surface area contributed by atoms with E-state index in [1.165, 1.54) is 24.3 Å². The first-order valence-corrected chi connectivity index (χ1v) is 6.35. The maximum absolute atomic E-state index is 10.8. The summed E-state index contributed by atoms with van der Waals surface area (Å²) in [6.45, 7) is 0.341. The fourth-order valence-electron chi connectivity index (χ4n) is 1.77. The zero-order chi connectivity index (χ0) is 15.4. The van der Waals surface area contributed by atoms with E-state index in [4.69, 9.17) is 16.7 Å². The van der Waals surface area contributed by atoms with E-state index in [1.54, 1.807) is 18.2 Å². The second-order valence-electron chi connectivity index (χ2n) is 4.28. The van der Waals surface area contributed by atoms with E-state index in [2.05, 4.69) is 5.32 Å². The molecule has 0 amide bonds. The van der Waals surface area contributed by atoms with Crippen molar-refractivity contribution in [2.24, 2.45) is 0 Å². The number of nitro benzene ring substituents is 1. The van der Waals surface area contributed by atoms with Gasteiger partial charge in [-0.15, -0.1) is 0 Å². The quantitative estimate of drug-likeness (QED) is 0.651. The van der Waals surface area contributed by atoms with Crippen LogP contribution in [0.15, 0.2) is 42.5 Å². The molecule has 2 aromatic rings. The Hall–Kier alpha value is -2.60. The van der Waals surface area contributed by atoms with Gasteiger partial charge in [0.05, 0.1) is 21.2 Å². The summed E-state index contributed by atoms with van der Waals surface area (Å²) in [5.41, 5.74) is 1.40. The highest BCUT2D eigenvalue weighted by Crippen LogP contribution is 2.24. The zero-order valence-corrected chi connectivity index (χ0v) is 11.5. The lowest BCUT2D eigenvalue weighted by atomic mass is 10.2. The predicted molar refractivity (Wildman–Crippen MR) is 78.8 cm³/mol. The molecule has 0 radical (unpaired) electrons. The molecule has 6 nitrogen and oxygen atoms in total. The van der Waals surface area contributed by atoms with Crippen LogP contribution in [0.2, 0.25) is 5.02 Å². The maximum Gasteiger partial charge on any atom is 0.335 e. The molecular weight excluding hydrogens is 296 g/mol. The number of benzene rings is 2. The normalized spacial score (nSPS) is 10.1. The van der Waals surface area contributed by atoms with Crippen LogP contribution in [0.3, 0.4) is 0 Å². The smallest absolute Gasteiger partial charge is 0.335 e. The predicted octanol–water partition coefficient (Wildman–Crippen LogP) is 3.56. The fraction of sp³-hybridized carbons (Fsp3) is 0.0714. The van der Waals surface area contributed by atoms with E-state index in [0.717, 1.165) is 5.56 Å². The SMILES string of the molecule is O=C(O)c1ccc(NCc2cccc([N+](=O)[O-])c2)c(Cl)c1. The number of hydrogen-bond acceptors (Lipinski definition) is 4. The minimum atomic E-state index is -1.05.